The van der Waals surface area contributed by atoms with Crippen LogP contribution in [0.2, 0.25) is 0 Å². The minimum absolute atomic E-state index is 0.175. The van der Waals surface area contributed by atoms with Crippen LogP contribution in [0.5, 0.6) is 0 Å². The summed E-state index contributed by atoms with van der Waals surface area (Å²) in [6.45, 7) is 2.41. The van der Waals surface area contributed by atoms with Crippen molar-refractivity contribution in [3.8, 4) is 0 Å². The Bertz CT molecular complexity index is 398. The van der Waals surface area contributed by atoms with E-state index in [0.717, 1.165) is 24.8 Å². The third-order valence-electron chi connectivity index (χ3n) is 3.25. The summed E-state index contributed by atoms with van der Waals surface area (Å²) in [5.74, 6) is -0.460. The van der Waals surface area contributed by atoms with Crippen molar-refractivity contribution in [2.75, 3.05) is 0 Å². The summed E-state index contributed by atoms with van der Waals surface area (Å²) in [4.78, 5) is 11.0. The first-order valence-electron chi connectivity index (χ1n) is 5.74. The Balaban J connectivity index is 2.15. The van der Waals surface area contributed by atoms with Gasteiger partial charge in [-0.1, -0.05) is 6.92 Å². The van der Waals surface area contributed by atoms with Gasteiger partial charge in [0.05, 0.1) is 12.0 Å². The van der Waals surface area contributed by atoms with Gasteiger partial charge in [0.2, 0.25) is 5.91 Å². The second kappa shape index (κ2) is 4.29. The highest BCUT2D eigenvalue weighted by Crippen LogP contribution is 2.30. The number of carbonyl (C=O) groups excluding carboxylic acids is 1. The SMILES string of the molecule is CC(Cn1cc2c(c1)C(O)CCC2)C(N)=O. The molecule has 1 aliphatic carbocycles. The van der Waals surface area contributed by atoms with Crippen molar-refractivity contribution < 1.29 is 9.90 Å². The maximum Gasteiger partial charge on any atom is 0.222 e. The third kappa shape index (κ3) is 2.11. The molecule has 0 aromatic carbocycles. The summed E-state index contributed by atoms with van der Waals surface area (Å²) in [6, 6.07) is 0. The van der Waals surface area contributed by atoms with E-state index in [2.05, 4.69) is 0 Å². The van der Waals surface area contributed by atoms with Crippen LogP contribution in [0, 0.1) is 5.92 Å². The number of rotatable bonds is 3. The summed E-state index contributed by atoms with van der Waals surface area (Å²) in [5.41, 5.74) is 7.45. The Morgan fingerprint density at radius 2 is 2.44 bits per heavy atom. The average molecular weight is 222 g/mol. The van der Waals surface area contributed by atoms with E-state index in [1.807, 2.05) is 23.9 Å². The number of carbonyl (C=O) groups is 1. The van der Waals surface area contributed by atoms with Gasteiger partial charge in [0.25, 0.3) is 0 Å². The normalized spacial score (nSPS) is 21.5. The summed E-state index contributed by atoms with van der Waals surface area (Å²) < 4.78 is 1.97. The van der Waals surface area contributed by atoms with Crippen molar-refractivity contribution in [3.63, 3.8) is 0 Å². The number of amides is 1. The zero-order valence-corrected chi connectivity index (χ0v) is 9.52. The van der Waals surface area contributed by atoms with Crippen molar-refractivity contribution in [1.29, 1.82) is 0 Å². The molecule has 0 fully saturated rings. The van der Waals surface area contributed by atoms with E-state index in [1.54, 1.807) is 0 Å². The zero-order chi connectivity index (χ0) is 11.7. The summed E-state index contributed by atoms with van der Waals surface area (Å²) in [6.07, 6.45) is 6.51. The molecule has 1 aromatic rings. The molecule has 2 unspecified atom stereocenters. The minimum atomic E-state index is -0.339. The molecule has 0 saturated carbocycles. The first-order chi connectivity index (χ1) is 7.58. The highest BCUT2D eigenvalue weighted by molar-refractivity contribution is 5.76. The van der Waals surface area contributed by atoms with Gasteiger partial charge in [-0.2, -0.15) is 0 Å². The van der Waals surface area contributed by atoms with Gasteiger partial charge in [-0.3, -0.25) is 4.79 Å². The topological polar surface area (TPSA) is 68.2 Å². The molecule has 1 heterocycles. The Labute approximate surface area is 95.1 Å². The van der Waals surface area contributed by atoms with E-state index in [1.165, 1.54) is 5.56 Å². The average Bonchev–Trinajstić information content (AvgIpc) is 2.61. The lowest BCUT2D eigenvalue weighted by Crippen LogP contribution is -2.24. The van der Waals surface area contributed by atoms with E-state index in [4.69, 9.17) is 5.73 Å². The molecule has 1 amide bonds. The van der Waals surface area contributed by atoms with Gasteiger partial charge in [-0.05, 0) is 24.8 Å². The monoisotopic (exact) mass is 222 g/mol. The van der Waals surface area contributed by atoms with Gasteiger partial charge < -0.3 is 15.4 Å². The van der Waals surface area contributed by atoms with E-state index in [0.29, 0.717) is 6.54 Å². The number of hydrogen-bond donors (Lipinski definition) is 2. The van der Waals surface area contributed by atoms with Crippen LogP contribution in [0.25, 0.3) is 0 Å². The van der Waals surface area contributed by atoms with Crippen molar-refractivity contribution >= 4 is 5.91 Å². The second-order valence-electron chi connectivity index (χ2n) is 4.65. The minimum Gasteiger partial charge on any atom is -0.388 e. The van der Waals surface area contributed by atoms with Gasteiger partial charge >= 0.3 is 0 Å². The fraction of sp³-hybridized carbons (Fsp3) is 0.583. The molecule has 0 spiro atoms. The van der Waals surface area contributed by atoms with Crippen LogP contribution in [-0.2, 0) is 17.8 Å². The van der Waals surface area contributed by atoms with Crippen molar-refractivity contribution in [1.82, 2.24) is 4.57 Å². The lowest BCUT2D eigenvalue weighted by molar-refractivity contribution is -0.121. The number of fused-ring (bicyclic) bond motifs is 1. The molecule has 1 aromatic heterocycles. The van der Waals surface area contributed by atoms with Crippen molar-refractivity contribution in [2.24, 2.45) is 11.7 Å². The number of hydrogen-bond acceptors (Lipinski definition) is 2. The molecule has 0 saturated heterocycles. The number of nitrogens with zero attached hydrogens (tertiary/aromatic N) is 1. The largest absolute Gasteiger partial charge is 0.388 e. The summed E-state index contributed by atoms with van der Waals surface area (Å²) in [5, 5.41) is 9.81. The van der Waals surface area contributed by atoms with E-state index in [9.17, 15) is 9.90 Å². The molecule has 16 heavy (non-hydrogen) atoms. The summed E-state index contributed by atoms with van der Waals surface area (Å²) in [7, 11) is 0. The van der Waals surface area contributed by atoms with Crippen molar-refractivity contribution in [2.45, 2.75) is 38.8 Å². The zero-order valence-electron chi connectivity index (χ0n) is 9.52. The fourth-order valence-corrected chi connectivity index (χ4v) is 2.24. The van der Waals surface area contributed by atoms with Gasteiger partial charge in [0.1, 0.15) is 0 Å². The maximum absolute atomic E-state index is 11.0. The van der Waals surface area contributed by atoms with Gasteiger partial charge in [0.15, 0.2) is 0 Å². The molecule has 4 nitrogen and oxygen atoms in total. The lowest BCUT2D eigenvalue weighted by Gasteiger charge is -2.16. The lowest BCUT2D eigenvalue weighted by atomic mass is 9.93. The fourth-order valence-electron chi connectivity index (χ4n) is 2.24. The molecule has 1 aliphatic rings. The highest BCUT2D eigenvalue weighted by Gasteiger charge is 2.20. The molecular weight excluding hydrogens is 204 g/mol. The number of primary amides is 1. The third-order valence-corrected chi connectivity index (χ3v) is 3.25. The predicted octanol–water partition coefficient (Wildman–Crippen LogP) is 0.979. The number of aliphatic hydroxyl groups excluding tert-OH is 1. The second-order valence-corrected chi connectivity index (χ2v) is 4.65. The van der Waals surface area contributed by atoms with Crippen LogP contribution in [0.3, 0.4) is 0 Å². The van der Waals surface area contributed by atoms with Crippen LogP contribution in [0.4, 0.5) is 0 Å². The molecule has 3 N–H and O–H groups in total. The Hall–Kier alpha value is -1.29. The van der Waals surface area contributed by atoms with Gasteiger partial charge in [-0.15, -0.1) is 0 Å². The van der Waals surface area contributed by atoms with Crippen LogP contribution in [-0.4, -0.2) is 15.6 Å². The highest BCUT2D eigenvalue weighted by atomic mass is 16.3. The number of nitrogens with two attached hydrogens (primary N) is 1. The Morgan fingerprint density at radius 3 is 3.06 bits per heavy atom. The van der Waals surface area contributed by atoms with E-state index in [-0.39, 0.29) is 17.9 Å². The molecule has 2 atom stereocenters. The van der Waals surface area contributed by atoms with Gasteiger partial charge in [-0.25, -0.2) is 0 Å². The van der Waals surface area contributed by atoms with Crippen LogP contribution in [0.15, 0.2) is 12.4 Å². The van der Waals surface area contributed by atoms with Crippen molar-refractivity contribution in [3.05, 3.63) is 23.5 Å². The summed E-state index contributed by atoms with van der Waals surface area (Å²) >= 11 is 0. The molecule has 0 radical (unpaired) electrons. The van der Waals surface area contributed by atoms with Gasteiger partial charge in [0, 0.05) is 24.5 Å². The first-order valence-corrected chi connectivity index (χ1v) is 5.74. The van der Waals surface area contributed by atoms with E-state index >= 15 is 0 Å². The molecule has 88 valence electrons. The molecule has 0 bridgehead atoms. The van der Waals surface area contributed by atoms with Crippen LogP contribution >= 0.6 is 0 Å². The molecular formula is C12H18N2O2. The standard InChI is InChI=1S/C12H18N2O2/c1-8(12(13)16)5-14-6-9-3-2-4-11(15)10(9)7-14/h6-8,11,15H,2-5H2,1H3,(H2,13,16). The number of aryl methyl sites for hydroxylation is 1. The van der Waals surface area contributed by atoms with E-state index < -0.39 is 0 Å². The Morgan fingerprint density at radius 1 is 1.69 bits per heavy atom. The smallest absolute Gasteiger partial charge is 0.222 e. The van der Waals surface area contributed by atoms with Crippen LogP contribution < -0.4 is 5.73 Å². The molecule has 2 rings (SSSR count). The first kappa shape index (κ1) is 11.2. The predicted molar refractivity (Wildman–Crippen MR) is 60.7 cm³/mol. The maximum atomic E-state index is 11.0. The number of aromatic nitrogens is 1. The van der Waals surface area contributed by atoms with Crippen LogP contribution in [0.1, 0.15) is 37.0 Å². The molecule has 4 heteroatoms. The number of aliphatic hydroxyl groups is 1. The quantitative estimate of drug-likeness (QED) is 0.800. The molecule has 0 aliphatic heterocycles. The Kier molecular flexibility index (Phi) is 3.01.